The number of carboxylic acids is 1. The Morgan fingerprint density at radius 3 is 2.63 bits per heavy atom. The Morgan fingerprint density at radius 2 is 2.05 bits per heavy atom. The Hall–Kier alpha value is -2.11. The van der Waals surface area contributed by atoms with Crippen molar-refractivity contribution < 1.29 is 19.1 Å². The molecule has 2 aliphatic carbocycles. The van der Waals surface area contributed by atoms with Crippen molar-refractivity contribution in [2.24, 2.45) is 23.7 Å². The van der Waals surface area contributed by atoms with Gasteiger partial charge in [-0.2, -0.15) is 4.98 Å². The van der Waals surface area contributed by atoms with Gasteiger partial charge in [-0.3, -0.25) is 14.9 Å². The first-order valence-corrected chi connectivity index (χ1v) is 6.20. The Balaban J connectivity index is 1.79. The van der Waals surface area contributed by atoms with Crippen molar-refractivity contribution in [3.8, 4) is 0 Å². The smallest absolute Gasteiger partial charge is 0.307 e. The van der Waals surface area contributed by atoms with E-state index in [-0.39, 0.29) is 23.8 Å². The van der Waals surface area contributed by atoms with Gasteiger partial charge < -0.3 is 9.52 Å². The summed E-state index contributed by atoms with van der Waals surface area (Å²) in [7, 11) is 0. The number of allylic oxidation sites excluding steroid dienone is 2. The molecule has 19 heavy (non-hydrogen) atoms. The normalized spacial score (nSPS) is 31.6. The Bertz CT molecular complexity index is 563. The lowest BCUT2D eigenvalue weighted by Gasteiger charge is -2.22. The highest BCUT2D eigenvalue weighted by Crippen LogP contribution is 2.48. The zero-order valence-electron chi connectivity index (χ0n) is 10.4. The molecule has 0 spiro atoms. The van der Waals surface area contributed by atoms with E-state index in [0.29, 0.717) is 5.69 Å². The fourth-order valence-corrected chi connectivity index (χ4v) is 3.12. The summed E-state index contributed by atoms with van der Waals surface area (Å²) < 4.78 is 5.06. The molecular weight excluding hydrogens is 248 g/mol. The third kappa shape index (κ3) is 1.93. The van der Waals surface area contributed by atoms with E-state index in [9.17, 15) is 14.7 Å². The minimum absolute atomic E-state index is 0.00200. The largest absolute Gasteiger partial charge is 0.481 e. The van der Waals surface area contributed by atoms with Crippen LogP contribution in [0.4, 0.5) is 6.01 Å². The second-order valence-electron chi connectivity index (χ2n) is 5.12. The quantitative estimate of drug-likeness (QED) is 0.804. The maximum Gasteiger partial charge on any atom is 0.307 e. The van der Waals surface area contributed by atoms with Crippen LogP contribution < -0.4 is 5.32 Å². The molecule has 2 aliphatic rings. The summed E-state index contributed by atoms with van der Waals surface area (Å²) in [5, 5.41) is 11.8. The van der Waals surface area contributed by atoms with Crippen molar-refractivity contribution in [2.45, 2.75) is 13.3 Å². The van der Waals surface area contributed by atoms with Gasteiger partial charge in [0.05, 0.1) is 17.5 Å². The zero-order valence-corrected chi connectivity index (χ0v) is 10.4. The maximum absolute atomic E-state index is 12.2. The van der Waals surface area contributed by atoms with E-state index in [1.165, 1.54) is 6.26 Å². The van der Waals surface area contributed by atoms with E-state index < -0.39 is 17.8 Å². The van der Waals surface area contributed by atoms with Crippen molar-refractivity contribution in [3.05, 3.63) is 24.1 Å². The van der Waals surface area contributed by atoms with E-state index in [1.807, 2.05) is 12.2 Å². The number of carboxylic acid groups (broad SMARTS) is 1. The molecule has 0 aliphatic heterocycles. The molecule has 1 saturated carbocycles. The fraction of sp³-hybridized carbons (Fsp3) is 0.462. The van der Waals surface area contributed by atoms with Crippen molar-refractivity contribution in [1.29, 1.82) is 0 Å². The molecule has 6 nitrogen and oxygen atoms in total. The Morgan fingerprint density at radius 1 is 1.37 bits per heavy atom. The van der Waals surface area contributed by atoms with Gasteiger partial charge in [-0.1, -0.05) is 12.2 Å². The lowest BCUT2D eigenvalue weighted by molar-refractivity contribution is -0.146. The van der Waals surface area contributed by atoms with Crippen LogP contribution in [0, 0.1) is 30.6 Å². The molecule has 2 N–H and O–H groups in total. The number of nitrogens with zero attached hydrogens (tertiary/aromatic N) is 1. The van der Waals surface area contributed by atoms with Gasteiger partial charge in [0.1, 0.15) is 6.26 Å². The molecule has 1 heterocycles. The summed E-state index contributed by atoms with van der Waals surface area (Å²) in [6, 6.07) is 0.124. The standard InChI is InChI=1S/C13H14N2O4/c1-6-5-19-13(14-6)15-11(16)9-7-2-3-8(4-7)10(9)12(17)18/h2-3,5,7-10H,4H2,1H3,(H,17,18)(H,14,15,16). The SMILES string of the molecule is Cc1coc(NC(=O)C2C3C=CC(C3)C2C(=O)O)n1. The van der Waals surface area contributed by atoms with Crippen LogP contribution in [-0.4, -0.2) is 22.0 Å². The number of aromatic nitrogens is 1. The fourth-order valence-electron chi connectivity index (χ4n) is 3.12. The van der Waals surface area contributed by atoms with E-state index in [2.05, 4.69) is 10.3 Å². The molecule has 100 valence electrons. The molecule has 6 heteroatoms. The van der Waals surface area contributed by atoms with Crippen molar-refractivity contribution in [3.63, 3.8) is 0 Å². The van der Waals surface area contributed by atoms with Gasteiger partial charge in [0.15, 0.2) is 0 Å². The van der Waals surface area contributed by atoms with Crippen LogP contribution in [0.3, 0.4) is 0 Å². The number of anilines is 1. The van der Waals surface area contributed by atoms with E-state index >= 15 is 0 Å². The number of aliphatic carboxylic acids is 1. The van der Waals surface area contributed by atoms with Crippen molar-refractivity contribution >= 4 is 17.9 Å². The number of oxazole rings is 1. The monoisotopic (exact) mass is 262 g/mol. The minimum atomic E-state index is -0.916. The number of hydrogen-bond donors (Lipinski definition) is 2. The highest BCUT2D eigenvalue weighted by molar-refractivity contribution is 5.94. The predicted octanol–water partition coefficient (Wildman–Crippen LogP) is 1.44. The molecule has 0 radical (unpaired) electrons. The average Bonchev–Trinajstić information content (AvgIpc) is 3.03. The molecule has 0 saturated heterocycles. The van der Waals surface area contributed by atoms with Gasteiger partial charge in [-0.25, -0.2) is 0 Å². The molecular formula is C13H14N2O4. The summed E-state index contributed by atoms with van der Waals surface area (Å²) in [6.45, 7) is 1.75. The van der Waals surface area contributed by atoms with Gasteiger partial charge in [-0.05, 0) is 25.2 Å². The number of fused-ring (bicyclic) bond motifs is 2. The zero-order chi connectivity index (χ0) is 13.6. The number of nitrogens with one attached hydrogen (secondary N) is 1. The number of carbonyl (C=O) groups excluding carboxylic acids is 1. The van der Waals surface area contributed by atoms with E-state index in [4.69, 9.17) is 4.42 Å². The van der Waals surface area contributed by atoms with Gasteiger partial charge in [0.2, 0.25) is 5.91 Å². The van der Waals surface area contributed by atoms with E-state index in [1.54, 1.807) is 6.92 Å². The molecule has 1 aromatic heterocycles. The van der Waals surface area contributed by atoms with Crippen LogP contribution in [0.1, 0.15) is 12.1 Å². The van der Waals surface area contributed by atoms with Crippen LogP contribution in [-0.2, 0) is 9.59 Å². The molecule has 4 atom stereocenters. The number of carbonyl (C=O) groups is 2. The first-order valence-electron chi connectivity index (χ1n) is 6.20. The molecule has 1 fully saturated rings. The summed E-state index contributed by atoms with van der Waals surface area (Å²) in [5.74, 6) is -2.47. The van der Waals surface area contributed by atoms with Gasteiger partial charge >= 0.3 is 12.0 Å². The van der Waals surface area contributed by atoms with Crippen LogP contribution in [0.15, 0.2) is 22.8 Å². The third-order valence-electron chi connectivity index (χ3n) is 3.90. The molecule has 4 unspecified atom stereocenters. The second-order valence-corrected chi connectivity index (χ2v) is 5.12. The second kappa shape index (κ2) is 4.22. The highest BCUT2D eigenvalue weighted by Gasteiger charge is 2.51. The van der Waals surface area contributed by atoms with Crippen LogP contribution in [0.5, 0.6) is 0 Å². The Labute approximate surface area is 109 Å². The minimum Gasteiger partial charge on any atom is -0.481 e. The van der Waals surface area contributed by atoms with Gasteiger partial charge in [0, 0.05) is 0 Å². The molecule has 1 amide bonds. The first kappa shape index (κ1) is 12.0. The highest BCUT2D eigenvalue weighted by atomic mass is 16.4. The molecule has 0 aromatic carbocycles. The molecule has 2 bridgehead atoms. The topological polar surface area (TPSA) is 92.4 Å². The number of rotatable bonds is 3. The molecule has 3 rings (SSSR count). The van der Waals surface area contributed by atoms with Crippen LogP contribution in [0.2, 0.25) is 0 Å². The van der Waals surface area contributed by atoms with Crippen molar-refractivity contribution in [1.82, 2.24) is 4.98 Å². The summed E-state index contributed by atoms with van der Waals surface area (Å²) in [6.07, 6.45) is 6.02. The average molecular weight is 262 g/mol. The van der Waals surface area contributed by atoms with Crippen LogP contribution in [0.25, 0.3) is 0 Å². The van der Waals surface area contributed by atoms with Crippen molar-refractivity contribution in [2.75, 3.05) is 5.32 Å². The van der Waals surface area contributed by atoms with Crippen LogP contribution >= 0.6 is 0 Å². The van der Waals surface area contributed by atoms with E-state index in [0.717, 1.165) is 6.42 Å². The number of amides is 1. The lowest BCUT2D eigenvalue weighted by atomic mass is 9.82. The first-order chi connectivity index (χ1) is 9.06. The number of hydrogen-bond acceptors (Lipinski definition) is 4. The maximum atomic E-state index is 12.2. The Kier molecular flexibility index (Phi) is 2.66. The summed E-state index contributed by atoms with van der Waals surface area (Å²) in [5.41, 5.74) is 0.665. The number of aryl methyl sites for hydroxylation is 1. The predicted molar refractivity (Wildman–Crippen MR) is 65.2 cm³/mol. The van der Waals surface area contributed by atoms with Gasteiger partial charge in [-0.15, -0.1) is 0 Å². The third-order valence-corrected chi connectivity index (χ3v) is 3.90. The summed E-state index contributed by atoms with van der Waals surface area (Å²) >= 11 is 0. The lowest BCUT2D eigenvalue weighted by Crippen LogP contribution is -2.36. The molecule has 1 aromatic rings. The summed E-state index contributed by atoms with van der Waals surface area (Å²) in [4.78, 5) is 27.5. The van der Waals surface area contributed by atoms with Gasteiger partial charge in [0.25, 0.3) is 0 Å².